The van der Waals surface area contributed by atoms with E-state index >= 15 is 0 Å². The minimum absolute atomic E-state index is 0.177. The first-order chi connectivity index (χ1) is 9.21. The quantitative estimate of drug-likeness (QED) is 0.766. The minimum Gasteiger partial charge on any atom is -0.382 e. The highest BCUT2D eigenvalue weighted by Crippen LogP contribution is 2.21. The molecule has 104 valence electrons. The van der Waals surface area contributed by atoms with Gasteiger partial charge in [0.1, 0.15) is 17.2 Å². The van der Waals surface area contributed by atoms with E-state index in [0.717, 1.165) is 0 Å². The monoisotopic (exact) mass is 286 g/mol. The Kier molecular flexibility index (Phi) is 4.74. The number of nitrogens with zero attached hydrogens (tertiary/aromatic N) is 2. The predicted octanol–water partition coefficient (Wildman–Crippen LogP) is 2.58. The number of imidazole rings is 1. The van der Waals surface area contributed by atoms with Crippen molar-refractivity contribution >= 4 is 22.6 Å². The van der Waals surface area contributed by atoms with E-state index in [1.165, 1.54) is 6.07 Å². The van der Waals surface area contributed by atoms with Crippen LogP contribution in [0, 0.1) is 5.82 Å². The van der Waals surface area contributed by atoms with Gasteiger partial charge in [0.15, 0.2) is 0 Å². The summed E-state index contributed by atoms with van der Waals surface area (Å²) < 4.78 is 26.1. The molecule has 1 aromatic heterocycles. The second-order valence-electron chi connectivity index (χ2n) is 4.19. The molecule has 2 aromatic rings. The van der Waals surface area contributed by atoms with Crippen LogP contribution in [-0.2, 0) is 21.9 Å². The standard InChI is InChI=1S/C13H16ClFN2O2/c1-18-8-9(19-2)7-17-12(6-14)16-11-5-3-4-10(15)13(11)17/h3-5,9H,6-8H2,1-2H3. The number of methoxy groups -OCH3 is 2. The number of para-hydroxylation sites is 1. The van der Waals surface area contributed by atoms with E-state index in [1.807, 2.05) is 0 Å². The highest BCUT2D eigenvalue weighted by atomic mass is 35.5. The molecule has 1 atom stereocenters. The highest BCUT2D eigenvalue weighted by Gasteiger charge is 2.17. The number of alkyl halides is 1. The van der Waals surface area contributed by atoms with E-state index in [4.69, 9.17) is 21.1 Å². The van der Waals surface area contributed by atoms with Crippen LogP contribution in [0.15, 0.2) is 18.2 Å². The summed E-state index contributed by atoms with van der Waals surface area (Å²) >= 11 is 5.88. The van der Waals surface area contributed by atoms with Gasteiger partial charge in [-0.1, -0.05) is 6.07 Å². The average molecular weight is 287 g/mol. The van der Waals surface area contributed by atoms with Crippen LogP contribution in [-0.4, -0.2) is 36.5 Å². The molecular weight excluding hydrogens is 271 g/mol. The van der Waals surface area contributed by atoms with Crippen molar-refractivity contribution in [2.24, 2.45) is 0 Å². The van der Waals surface area contributed by atoms with Gasteiger partial charge in [-0.2, -0.15) is 0 Å². The largest absolute Gasteiger partial charge is 0.382 e. The Hall–Kier alpha value is -1.17. The van der Waals surface area contributed by atoms with E-state index < -0.39 is 0 Å². The van der Waals surface area contributed by atoms with Crippen molar-refractivity contribution in [3.63, 3.8) is 0 Å². The highest BCUT2D eigenvalue weighted by molar-refractivity contribution is 6.16. The first-order valence-electron chi connectivity index (χ1n) is 5.92. The molecule has 0 aliphatic heterocycles. The smallest absolute Gasteiger partial charge is 0.149 e. The van der Waals surface area contributed by atoms with Crippen molar-refractivity contribution in [3.8, 4) is 0 Å². The Morgan fingerprint density at radius 1 is 1.42 bits per heavy atom. The fourth-order valence-corrected chi connectivity index (χ4v) is 2.28. The first kappa shape index (κ1) is 14.2. The zero-order valence-corrected chi connectivity index (χ0v) is 11.7. The second-order valence-corrected chi connectivity index (χ2v) is 4.46. The number of fused-ring (bicyclic) bond motifs is 1. The molecule has 0 spiro atoms. The van der Waals surface area contributed by atoms with E-state index in [2.05, 4.69) is 4.98 Å². The third kappa shape index (κ3) is 2.88. The van der Waals surface area contributed by atoms with Crippen LogP contribution in [0.2, 0.25) is 0 Å². The second kappa shape index (κ2) is 6.32. The SMILES string of the molecule is COCC(Cn1c(CCl)nc2cccc(F)c21)OC. The van der Waals surface area contributed by atoms with E-state index in [1.54, 1.807) is 30.9 Å². The molecule has 0 N–H and O–H groups in total. The van der Waals surface area contributed by atoms with Crippen molar-refractivity contribution < 1.29 is 13.9 Å². The average Bonchev–Trinajstić information content (AvgIpc) is 2.77. The maximum absolute atomic E-state index is 14.0. The lowest BCUT2D eigenvalue weighted by molar-refractivity contribution is 0.0186. The van der Waals surface area contributed by atoms with Gasteiger partial charge in [-0.15, -0.1) is 11.6 Å². The molecule has 2 rings (SSSR count). The van der Waals surface area contributed by atoms with Crippen LogP contribution in [0.5, 0.6) is 0 Å². The summed E-state index contributed by atoms with van der Waals surface area (Å²) in [7, 11) is 3.20. The summed E-state index contributed by atoms with van der Waals surface area (Å²) in [6.45, 7) is 0.871. The van der Waals surface area contributed by atoms with Gasteiger partial charge in [0.2, 0.25) is 0 Å². The third-order valence-electron chi connectivity index (χ3n) is 2.99. The third-order valence-corrected chi connectivity index (χ3v) is 3.23. The van der Waals surface area contributed by atoms with Crippen LogP contribution >= 0.6 is 11.6 Å². The Morgan fingerprint density at radius 3 is 2.84 bits per heavy atom. The lowest BCUT2D eigenvalue weighted by Gasteiger charge is -2.17. The molecule has 0 saturated carbocycles. The molecule has 1 heterocycles. The summed E-state index contributed by atoms with van der Waals surface area (Å²) in [5, 5.41) is 0. The van der Waals surface area contributed by atoms with Crippen LogP contribution in [0.4, 0.5) is 4.39 Å². The molecule has 0 saturated heterocycles. The normalized spacial score (nSPS) is 13.1. The van der Waals surface area contributed by atoms with Crippen molar-refractivity contribution in [1.29, 1.82) is 0 Å². The molecule has 0 bridgehead atoms. The zero-order chi connectivity index (χ0) is 13.8. The van der Waals surface area contributed by atoms with Crippen molar-refractivity contribution in [3.05, 3.63) is 29.8 Å². The zero-order valence-electron chi connectivity index (χ0n) is 10.9. The molecule has 19 heavy (non-hydrogen) atoms. The molecule has 0 radical (unpaired) electrons. The number of ether oxygens (including phenoxy) is 2. The molecule has 1 unspecified atom stereocenters. The number of rotatable bonds is 6. The Labute approximate surface area is 116 Å². The van der Waals surface area contributed by atoms with Crippen molar-refractivity contribution in [2.45, 2.75) is 18.5 Å². The maximum Gasteiger partial charge on any atom is 0.149 e. The van der Waals surface area contributed by atoms with Gasteiger partial charge in [0, 0.05) is 14.2 Å². The molecule has 0 fully saturated rings. The predicted molar refractivity (Wildman–Crippen MR) is 71.9 cm³/mol. The molecule has 0 aliphatic rings. The van der Waals surface area contributed by atoms with E-state index in [9.17, 15) is 4.39 Å². The lowest BCUT2D eigenvalue weighted by Crippen LogP contribution is -2.24. The number of hydrogen-bond acceptors (Lipinski definition) is 3. The van der Waals surface area contributed by atoms with Gasteiger partial charge >= 0.3 is 0 Å². The van der Waals surface area contributed by atoms with E-state index in [-0.39, 0.29) is 17.8 Å². The molecule has 1 aromatic carbocycles. The van der Waals surface area contributed by atoms with Crippen molar-refractivity contribution in [1.82, 2.24) is 9.55 Å². The Bertz CT molecular complexity index is 559. The fourth-order valence-electron chi connectivity index (χ4n) is 2.07. The van der Waals surface area contributed by atoms with E-state index in [0.29, 0.717) is 30.0 Å². The number of benzene rings is 1. The Balaban J connectivity index is 2.44. The molecule has 0 aliphatic carbocycles. The summed E-state index contributed by atoms with van der Waals surface area (Å²) in [6, 6.07) is 4.82. The molecule has 6 heteroatoms. The topological polar surface area (TPSA) is 36.3 Å². The van der Waals surface area contributed by atoms with Gasteiger partial charge in [-0.25, -0.2) is 9.37 Å². The van der Waals surface area contributed by atoms with Crippen LogP contribution < -0.4 is 0 Å². The maximum atomic E-state index is 14.0. The van der Waals surface area contributed by atoms with Gasteiger partial charge in [0.05, 0.1) is 30.7 Å². The van der Waals surface area contributed by atoms with Crippen LogP contribution in [0.1, 0.15) is 5.82 Å². The van der Waals surface area contributed by atoms with Gasteiger partial charge in [0.25, 0.3) is 0 Å². The van der Waals surface area contributed by atoms with Crippen LogP contribution in [0.3, 0.4) is 0 Å². The van der Waals surface area contributed by atoms with Gasteiger partial charge < -0.3 is 14.0 Å². The summed E-state index contributed by atoms with van der Waals surface area (Å²) in [5.74, 6) is 0.533. The minimum atomic E-state index is -0.311. The van der Waals surface area contributed by atoms with Crippen molar-refractivity contribution in [2.75, 3.05) is 20.8 Å². The summed E-state index contributed by atoms with van der Waals surface area (Å²) in [4.78, 5) is 4.33. The Morgan fingerprint density at radius 2 is 2.21 bits per heavy atom. The van der Waals surface area contributed by atoms with Gasteiger partial charge in [-0.05, 0) is 12.1 Å². The first-order valence-corrected chi connectivity index (χ1v) is 6.46. The summed E-state index contributed by atoms with van der Waals surface area (Å²) in [5.41, 5.74) is 1.05. The molecular formula is C13H16ClFN2O2. The van der Waals surface area contributed by atoms with Crippen LogP contribution in [0.25, 0.3) is 11.0 Å². The van der Waals surface area contributed by atoms with Gasteiger partial charge in [-0.3, -0.25) is 0 Å². The lowest BCUT2D eigenvalue weighted by atomic mass is 10.3. The fraction of sp³-hybridized carbons (Fsp3) is 0.462. The number of aromatic nitrogens is 2. The number of halogens is 2. The summed E-state index contributed by atoms with van der Waals surface area (Å²) in [6.07, 6.45) is -0.177. The molecule has 4 nitrogen and oxygen atoms in total. The molecule has 0 amide bonds. The number of hydrogen-bond donors (Lipinski definition) is 0.